The second kappa shape index (κ2) is 2.84. The van der Waals surface area contributed by atoms with Gasteiger partial charge in [0.25, 0.3) is 0 Å². The molecular formula is C7H6F2O2S. The molecule has 0 saturated carbocycles. The lowest BCUT2D eigenvalue weighted by molar-refractivity contribution is 0.463. The molecule has 1 unspecified atom stereocenters. The lowest BCUT2D eigenvalue weighted by Crippen LogP contribution is -2.06. The molecule has 66 valence electrons. The molecule has 0 amide bonds. The summed E-state index contributed by atoms with van der Waals surface area (Å²) in [5.41, 5.74) is 1.89. The van der Waals surface area contributed by atoms with E-state index >= 15 is 0 Å². The SMILES string of the molecule is CS(=O)(=O)C1=CC(F)C=C=C1F. The van der Waals surface area contributed by atoms with Gasteiger partial charge in [-0.15, -0.1) is 0 Å². The molecule has 5 heteroatoms. The molecule has 0 radical (unpaired) electrons. The lowest BCUT2D eigenvalue weighted by atomic mass is 10.2. The van der Waals surface area contributed by atoms with E-state index in [1.807, 2.05) is 5.73 Å². The number of halogens is 2. The second-order valence-electron chi connectivity index (χ2n) is 2.37. The highest BCUT2D eigenvalue weighted by molar-refractivity contribution is 7.94. The zero-order chi connectivity index (χ0) is 9.35. The van der Waals surface area contributed by atoms with E-state index in [-0.39, 0.29) is 0 Å². The first kappa shape index (κ1) is 9.16. The number of allylic oxidation sites excluding steroid dienone is 2. The van der Waals surface area contributed by atoms with Crippen LogP contribution in [-0.2, 0) is 9.84 Å². The Labute approximate surface area is 68.8 Å². The maximum absolute atomic E-state index is 12.7. The summed E-state index contributed by atoms with van der Waals surface area (Å²) in [6.45, 7) is 0. The molecule has 0 aromatic heterocycles. The maximum Gasteiger partial charge on any atom is 0.183 e. The van der Waals surface area contributed by atoms with Gasteiger partial charge >= 0.3 is 0 Å². The summed E-state index contributed by atoms with van der Waals surface area (Å²) >= 11 is 0. The van der Waals surface area contributed by atoms with Gasteiger partial charge in [-0.25, -0.2) is 12.8 Å². The van der Waals surface area contributed by atoms with E-state index in [4.69, 9.17) is 0 Å². The van der Waals surface area contributed by atoms with Crippen molar-refractivity contribution in [2.75, 3.05) is 6.26 Å². The van der Waals surface area contributed by atoms with Gasteiger partial charge in [-0.1, -0.05) is 5.73 Å². The smallest absolute Gasteiger partial charge is 0.183 e. The first-order chi connectivity index (χ1) is 5.41. The van der Waals surface area contributed by atoms with Crippen LogP contribution in [0.2, 0.25) is 0 Å². The molecule has 1 aliphatic carbocycles. The van der Waals surface area contributed by atoms with E-state index < -0.39 is 26.7 Å². The Kier molecular flexibility index (Phi) is 2.17. The minimum absolute atomic E-state index is 0.627. The van der Waals surface area contributed by atoms with Crippen LogP contribution < -0.4 is 0 Å². The third-order valence-corrected chi connectivity index (χ3v) is 2.41. The average molecular weight is 192 g/mol. The van der Waals surface area contributed by atoms with Crippen LogP contribution in [0.5, 0.6) is 0 Å². The minimum Gasteiger partial charge on any atom is -0.238 e. The third-order valence-electron chi connectivity index (χ3n) is 1.30. The van der Waals surface area contributed by atoms with Crippen LogP contribution in [0.1, 0.15) is 0 Å². The summed E-state index contributed by atoms with van der Waals surface area (Å²) in [4.78, 5) is -0.627. The van der Waals surface area contributed by atoms with Gasteiger partial charge in [-0.3, -0.25) is 0 Å². The number of sulfone groups is 1. The number of rotatable bonds is 1. The lowest BCUT2D eigenvalue weighted by Gasteiger charge is -2.04. The van der Waals surface area contributed by atoms with Gasteiger partial charge in [0.05, 0.1) is 0 Å². The number of hydrogen-bond donors (Lipinski definition) is 0. The monoisotopic (exact) mass is 192 g/mol. The number of alkyl halides is 1. The van der Waals surface area contributed by atoms with Crippen molar-refractivity contribution >= 4 is 9.84 Å². The molecule has 0 saturated heterocycles. The fourth-order valence-electron chi connectivity index (χ4n) is 0.776. The van der Waals surface area contributed by atoms with Crippen molar-refractivity contribution in [3.63, 3.8) is 0 Å². The van der Waals surface area contributed by atoms with Gasteiger partial charge in [-0.05, 0) is 12.2 Å². The zero-order valence-corrected chi connectivity index (χ0v) is 7.03. The number of hydrogen-bond acceptors (Lipinski definition) is 2. The summed E-state index contributed by atoms with van der Waals surface area (Å²) in [6, 6.07) is 0. The molecule has 0 N–H and O–H groups in total. The summed E-state index contributed by atoms with van der Waals surface area (Å²) in [5.74, 6) is -1.04. The summed E-state index contributed by atoms with van der Waals surface area (Å²) in [6.07, 6.45) is 0.776. The van der Waals surface area contributed by atoms with Crippen molar-refractivity contribution in [2.24, 2.45) is 0 Å². The molecule has 0 spiro atoms. The van der Waals surface area contributed by atoms with Crippen LogP contribution in [0.15, 0.2) is 28.6 Å². The van der Waals surface area contributed by atoms with Crippen molar-refractivity contribution in [3.05, 3.63) is 28.6 Å². The average Bonchev–Trinajstić information content (AvgIpc) is 1.92. The van der Waals surface area contributed by atoms with Gasteiger partial charge in [0.2, 0.25) is 0 Å². The fraction of sp³-hybridized carbons (Fsp3) is 0.286. The fourth-order valence-corrected chi connectivity index (χ4v) is 1.54. The van der Waals surface area contributed by atoms with E-state index in [1.165, 1.54) is 0 Å². The molecule has 0 heterocycles. The Morgan fingerprint density at radius 2 is 2.17 bits per heavy atom. The minimum atomic E-state index is -3.68. The molecule has 12 heavy (non-hydrogen) atoms. The Balaban J connectivity index is 3.26. The standard InChI is InChI=1S/C7H6F2O2S/c1-12(10,11)7-4-5(8)2-3-6(7)9/h2,4-5H,1H3. The predicted octanol–water partition coefficient (Wildman–Crippen LogP) is 1.28. The molecule has 1 rings (SSSR count). The van der Waals surface area contributed by atoms with Crippen LogP contribution >= 0.6 is 0 Å². The molecular weight excluding hydrogens is 186 g/mol. The molecule has 0 bridgehead atoms. The van der Waals surface area contributed by atoms with Gasteiger partial charge in [0.15, 0.2) is 15.7 Å². The van der Waals surface area contributed by atoms with Gasteiger partial charge in [0, 0.05) is 6.26 Å². The van der Waals surface area contributed by atoms with E-state index in [2.05, 4.69) is 0 Å². The van der Waals surface area contributed by atoms with E-state index in [0.29, 0.717) is 6.08 Å². The molecule has 0 aromatic rings. The highest BCUT2D eigenvalue weighted by Crippen LogP contribution is 2.21. The largest absolute Gasteiger partial charge is 0.238 e. The van der Waals surface area contributed by atoms with Crippen LogP contribution in [0.25, 0.3) is 0 Å². The topological polar surface area (TPSA) is 34.1 Å². The molecule has 1 aliphatic rings. The van der Waals surface area contributed by atoms with Crippen molar-refractivity contribution in [3.8, 4) is 0 Å². The Bertz CT molecular complexity index is 386. The predicted molar refractivity (Wildman–Crippen MR) is 40.5 cm³/mol. The molecule has 0 aliphatic heterocycles. The van der Waals surface area contributed by atoms with Crippen LogP contribution in [0, 0.1) is 0 Å². The highest BCUT2D eigenvalue weighted by atomic mass is 32.2. The summed E-state index contributed by atoms with van der Waals surface area (Å²) in [5, 5.41) is 0. The van der Waals surface area contributed by atoms with Crippen molar-refractivity contribution in [1.29, 1.82) is 0 Å². The Morgan fingerprint density at radius 3 is 2.58 bits per heavy atom. The highest BCUT2D eigenvalue weighted by Gasteiger charge is 2.20. The molecule has 0 aromatic carbocycles. The zero-order valence-electron chi connectivity index (χ0n) is 6.21. The van der Waals surface area contributed by atoms with Gasteiger partial charge < -0.3 is 0 Å². The normalized spacial score (nSPS) is 23.4. The van der Waals surface area contributed by atoms with Gasteiger partial charge in [0.1, 0.15) is 11.1 Å². The quantitative estimate of drug-likeness (QED) is 0.586. The molecule has 0 fully saturated rings. The summed E-state index contributed by atoms with van der Waals surface area (Å²) in [7, 11) is -3.68. The van der Waals surface area contributed by atoms with Crippen LogP contribution in [0.3, 0.4) is 0 Å². The Hall–Kier alpha value is -0.930. The Morgan fingerprint density at radius 1 is 1.58 bits per heavy atom. The second-order valence-corrected chi connectivity index (χ2v) is 4.36. The van der Waals surface area contributed by atoms with Crippen LogP contribution in [0.4, 0.5) is 8.78 Å². The summed E-state index contributed by atoms with van der Waals surface area (Å²) < 4.78 is 46.8. The van der Waals surface area contributed by atoms with E-state index in [9.17, 15) is 17.2 Å². The van der Waals surface area contributed by atoms with Gasteiger partial charge in [-0.2, -0.15) is 4.39 Å². The molecule has 2 nitrogen and oxygen atoms in total. The van der Waals surface area contributed by atoms with E-state index in [0.717, 1.165) is 12.3 Å². The first-order valence-electron chi connectivity index (χ1n) is 3.10. The third kappa shape index (κ3) is 1.81. The van der Waals surface area contributed by atoms with E-state index in [1.54, 1.807) is 0 Å². The van der Waals surface area contributed by atoms with Crippen molar-refractivity contribution in [2.45, 2.75) is 6.17 Å². The maximum atomic E-state index is 12.7. The first-order valence-corrected chi connectivity index (χ1v) is 4.99. The van der Waals surface area contributed by atoms with Crippen molar-refractivity contribution in [1.82, 2.24) is 0 Å². The van der Waals surface area contributed by atoms with Crippen LogP contribution in [-0.4, -0.2) is 20.8 Å². The molecule has 1 atom stereocenters. The van der Waals surface area contributed by atoms with Crippen molar-refractivity contribution < 1.29 is 17.2 Å².